The SMILES string of the molecule is COc1ccc(C2O[C@@H](C(=O)O)C(c3ccccc3)N2C(=O)OC(C)(C)C)cc1. The Morgan fingerprint density at radius 1 is 1.00 bits per heavy atom. The number of amides is 1. The Morgan fingerprint density at radius 2 is 1.62 bits per heavy atom. The van der Waals surface area contributed by atoms with Gasteiger partial charge < -0.3 is 19.3 Å². The van der Waals surface area contributed by atoms with Crippen LogP contribution in [0.1, 0.15) is 44.2 Å². The van der Waals surface area contributed by atoms with Gasteiger partial charge in [-0.25, -0.2) is 9.59 Å². The van der Waals surface area contributed by atoms with Crippen molar-refractivity contribution in [2.45, 2.75) is 44.7 Å². The summed E-state index contributed by atoms with van der Waals surface area (Å²) in [6.07, 6.45) is -2.80. The lowest BCUT2D eigenvalue weighted by atomic mass is 10.0. The van der Waals surface area contributed by atoms with Crippen LogP contribution >= 0.6 is 0 Å². The van der Waals surface area contributed by atoms with Crippen LogP contribution in [0.5, 0.6) is 5.75 Å². The van der Waals surface area contributed by atoms with E-state index in [0.717, 1.165) is 0 Å². The number of carboxylic acid groups (broad SMARTS) is 1. The number of ether oxygens (including phenoxy) is 3. The molecule has 2 aromatic carbocycles. The number of benzene rings is 2. The number of carboxylic acids is 1. The van der Waals surface area contributed by atoms with Gasteiger partial charge in [0.05, 0.1) is 7.11 Å². The van der Waals surface area contributed by atoms with Gasteiger partial charge in [0.25, 0.3) is 0 Å². The van der Waals surface area contributed by atoms with Crippen LogP contribution in [0.3, 0.4) is 0 Å². The fourth-order valence-electron chi connectivity index (χ4n) is 3.28. The molecule has 2 unspecified atom stereocenters. The molecule has 1 amide bonds. The lowest BCUT2D eigenvalue weighted by Gasteiger charge is -2.31. The van der Waals surface area contributed by atoms with Crippen molar-refractivity contribution in [3.63, 3.8) is 0 Å². The highest BCUT2D eigenvalue weighted by atomic mass is 16.6. The Bertz CT molecular complexity index is 859. The average molecular weight is 399 g/mol. The number of aliphatic carboxylic acids is 1. The summed E-state index contributed by atoms with van der Waals surface area (Å²) < 4.78 is 16.7. The van der Waals surface area contributed by atoms with Crippen molar-refractivity contribution in [2.75, 3.05) is 7.11 Å². The third-order valence-corrected chi connectivity index (χ3v) is 4.50. The molecule has 0 aliphatic carbocycles. The number of hydrogen-bond acceptors (Lipinski definition) is 5. The predicted octanol–water partition coefficient (Wildman–Crippen LogP) is 4.16. The van der Waals surface area contributed by atoms with Crippen molar-refractivity contribution in [3.8, 4) is 5.75 Å². The Morgan fingerprint density at radius 3 is 2.14 bits per heavy atom. The van der Waals surface area contributed by atoms with E-state index in [0.29, 0.717) is 16.9 Å². The maximum Gasteiger partial charge on any atom is 0.413 e. The van der Waals surface area contributed by atoms with Crippen molar-refractivity contribution in [1.29, 1.82) is 0 Å². The Kier molecular flexibility index (Phi) is 5.79. The summed E-state index contributed by atoms with van der Waals surface area (Å²) in [7, 11) is 1.56. The molecular weight excluding hydrogens is 374 g/mol. The maximum atomic E-state index is 13.1. The van der Waals surface area contributed by atoms with Gasteiger partial charge in [0.15, 0.2) is 12.3 Å². The highest BCUT2D eigenvalue weighted by molar-refractivity contribution is 5.77. The van der Waals surface area contributed by atoms with E-state index in [1.807, 2.05) is 6.07 Å². The molecule has 0 radical (unpaired) electrons. The number of methoxy groups -OCH3 is 1. The minimum atomic E-state index is -1.24. The molecule has 3 atom stereocenters. The fraction of sp³-hybridized carbons (Fsp3) is 0.364. The quantitative estimate of drug-likeness (QED) is 0.831. The Labute approximate surface area is 169 Å². The lowest BCUT2D eigenvalue weighted by Crippen LogP contribution is -2.40. The summed E-state index contributed by atoms with van der Waals surface area (Å²) in [5, 5.41) is 9.80. The zero-order valence-corrected chi connectivity index (χ0v) is 16.9. The lowest BCUT2D eigenvalue weighted by molar-refractivity contribution is -0.150. The van der Waals surface area contributed by atoms with Gasteiger partial charge in [-0.2, -0.15) is 0 Å². The number of carbonyl (C=O) groups excluding carboxylic acids is 1. The third kappa shape index (κ3) is 4.51. The van der Waals surface area contributed by atoms with Gasteiger partial charge in [-0.05, 0) is 38.5 Å². The van der Waals surface area contributed by atoms with Crippen molar-refractivity contribution in [3.05, 3.63) is 65.7 Å². The summed E-state index contributed by atoms with van der Waals surface area (Å²) in [6.45, 7) is 5.28. The van der Waals surface area contributed by atoms with Gasteiger partial charge in [0.1, 0.15) is 17.4 Å². The van der Waals surface area contributed by atoms with Crippen LogP contribution < -0.4 is 4.74 Å². The molecule has 1 heterocycles. The van der Waals surface area contributed by atoms with Crippen molar-refractivity contribution >= 4 is 12.1 Å². The first kappa shape index (κ1) is 20.7. The van der Waals surface area contributed by atoms with Crippen molar-refractivity contribution in [2.24, 2.45) is 0 Å². The monoisotopic (exact) mass is 399 g/mol. The summed E-state index contributed by atoms with van der Waals surface area (Å²) >= 11 is 0. The van der Waals surface area contributed by atoms with E-state index in [1.54, 1.807) is 76.4 Å². The largest absolute Gasteiger partial charge is 0.497 e. The van der Waals surface area contributed by atoms with Crippen LogP contribution in [0.15, 0.2) is 54.6 Å². The van der Waals surface area contributed by atoms with Gasteiger partial charge >= 0.3 is 12.1 Å². The van der Waals surface area contributed by atoms with Crippen LogP contribution in [0.4, 0.5) is 4.79 Å². The normalized spacial score (nSPS) is 21.7. The molecule has 0 saturated carbocycles. The van der Waals surface area contributed by atoms with Gasteiger partial charge in [-0.1, -0.05) is 42.5 Å². The van der Waals surface area contributed by atoms with Gasteiger partial charge in [0, 0.05) is 5.56 Å². The van der Waals surface area contributed by atoms with Crippen molar-refractivity contribution in [1.82, 2.24) is 4.90 Å². The zero-order valence-electron chi connectivity index (χ0n) is 16.9. The molecule has 1 aliphatic rings. The van der Waals surface area contributed by atoms with Crippen LogP contribution in [0.2, 0.25) is 0 Å². The molecule has 1 fully saturated rings. The Balaban J connectivity index is 2.07. The minimum absolute atomic E-state index is 0.626. The summed E-state index contributed by atoms with van der Waals surface area (Å²) in [6, 6.07) is 15.1. The molecule has 0 aromatic heterocycles. The third-order valence-electron chi connectivity index (χ3n) is 4.50. The smallest absolute Gasteiger partial charge is 0.413 e. The predicted molar refractivity (Wildman–Crippen MR) is 105 cm³/mol. The van der Waals surface area contributed by atoms with Crippen LogP contribution in [0, 0.1) is 0 Å². The molecule has 29 heavy (non-hydrogen) atoms. The van der Waals surface area contributed by atoms with E-state index in [9.17, 15) is 14.7 Å². The first-order valence-electron chi connectivity index (χ1n) is 9.30. The zero-order chi connectivity index (χ0) is 21.2. The second kappa shape index (κ2) is 8.13. The number of carbonyl (C=O) groups is 2. The topological polar surface area (TPSA) is 85.3 Å². The van der Waals surface area contributed by atoms with Crippen molar-refractivity contribution < 1.29 is 28.9 Å². The molecule has 1 aliphatic heterocycles. The Hall–Kier alpha value is -3.06. The highest BCUT2D eigenvalue weighted by Crippen LogP contribution is 2.44. The number of hydrogen-bond donors (Lipinski definition) is 1. The van der Waals surface area contributed by atoms with Gasteiger partial charge in [-0.15, -0.1) is 0 Å². The molecule has 0 spiro atoms. The van der Waals surface area contributed by atoms with E-state index in [2.05, 4.69) is 0 Å². The van der Waals surface area contributed by atoms with Gasteiger partial charge in [-0.3, -0.25) is 4.90 Å². The van der Waals surface area contributed by atoms with Gasteiger partial charge in [0.2, 0.25) is 0 Å². The molecule has 0 bridgehead atoms. The average Bonchev–Trinajstić information content (AvgIpc) is 3.08. The molecule has 7 nitrogen and oxygen atoms in total. The van der Waals surface area contributed by atoms with E-state index in [1.165, 1.54) is 4.90 Å². The first-order valence-corrected chi connectivity index (χ1v) is 9.30. The molecule has 1 N–H and O–H groups in total. The van der Waals surface area contributed by atoms with E-state index < -0.39 is 36.0 Å². The molecule has 154 valence electrons. The fourth-order valence-corrected chi connectivity index (χ4v) is 3.28. The summed E-state index contributed by atoms with van der Waals surface area (Å²) in [4.78, 5) is 26.5. The number of rotatable bonds is 4. The maximum absolute atomic E-state index is 13.1. The summed E-state index contributed by atoms with van der Waals surface area (Å²) in [5.74, 6) is -0.506. The van der Waals surface area contributed by atoms with E-state index in [-0.39, 0.29) is 0 Å². The molecule has 7 heteroatoms. The van der Waals surface area contributed by atoms with Crippen LogP contribution in [0.25, 0.3) is 0 Å². The second-order valence-corrected chi connectivity index (χ2v) is 7.76. The summed E-state index contributed by atoms with van der Waals surface area (Å²) in [5.41, 5.74) is 0.535. The van der Waals surface area contributed by atoms with E-state index >= 15 is 0 Å². The minimum Gasteiger partial charge on any atom is -0.497 e. The molecule has 1 saturated heterocycles. The highest BCUT2D eigenvalue weighted by Gasteiger charge is 2.51. The molecule has 3 rings (SSSR count). The van der Waals surface area contributed by atoms with E-state index in [4.69, 9.17) is 14.2 Å². The molecular formula is C22H25NO6. The van der Waals surface area contributed by atoms with Crippen LogP contribution in [-0.4, -0.2) is 40.9 Å². The standard InChI is InChI=1S/C22H25NO6/c1-22(2,3)29-21(26)23-17(14-8-6-5-7-9-14)18(20(24)25)28-19(23)15-10-12-16(27-4)13-11-15/h5-13,17-19H,1-4H3,(H,24,25)/t17?,18-,19?/m1/s1. The number of nitrogens with zero attached hydrogens (tertiary/aromatic N) is 1. The van der Waals surface area contributed by atoms with Crippen LogP contribution in [-0.2, 0) is 14.3 Å². The first-order chi connectivity index (χ1) is 13.7. The molecule has 2 aromatic rings. The second-order valence-electron chi connectivity index (χ2n) is 7.76.